The quantitative estimate of drug-likeness (QED) is 0.503. The van der Waals surface area contributed by atoms with Gasteiger partial charge in [-0.3, -0.25) is 14.9 Å². The molecule has 0 unspecified atom stereocenters. The lowest BCUT2D eigenvalue weighted by Crippen LogP contribution is -2.46. The Morgan fingerprint density at radius 1 is 1.21 bits per heavy atom. The number of hydrogen-bond donors (Lipinski definition) is 3. The molecule has 4 rings (SSSR count). The van der Waals surface area contributed by atoms with Gasteiger partial charge in [-0.15, -0.1) is 23.5 Å². The SMILES string of the molecule is C[C@@]1(CSc2ccccc2C(=O)N[C@H]2CCSc3ccccc32)NC(=O)NC1=O. The Morgan fingerprint density at radius 2 is 1.97 bits per heavy atom. The average Bonchev–Trinajstić information content (AvgIpc) is 2.98. The summed E-state index contributed by atoms with van der Waals surface area (Å²) >= 11 is 3.20. The highest BCUT2D eigenvalue weighted by Crippen LogP contribution is 2.36. The molecule has 0 aliphatic carbocycles. The third-order valence-electron chi connectivity index (χ3n) is 5.03. The first-order valence-electron chi connectivity index (χ1n) is 9.34. The highest BCUT2D eigenvalue weighted by Gasteiger charge is 2.42. The summed E-state index contributed by atoms with van der Waals surface area (Å²) in [7, 11) is 0. The van der Waals surface area contributed by atoms with E-state index in [1.165, 1.54) is 16.7 Å². The lowest BCUT2D eigenvalue weighted by atomic mass is 10.0. The average molecular weight is 428 g/mol. The lowest BCUT2D eigenvalue weighted by molar-refractivity contribution is -0.122. The molecule has 0 bridgehead atoms. The van der Waals surface area contributed by atoms with Gasteiger partial charge in [0.1, 0.15) is 5.54 Å². The van der Waals surface area contributed by atoms with Gasteiger partial charge in [0.15, 0.2) is 0 Å². The fourth-order valence-electron chi connectivity index (χ4n) is 3.41. The maximum Gasteiger partial charge on any atom is 0.322 e. The van der Waals surface area contributed by atoms with Crippen LogP contribution in [0.4, 0.5) is 4.79 Å². The Morgan fingerprint density at radius 3 is 2.76 bits per heavy atom. The van der Waals surface area contributed by atoms with Crippen LogP contribution < -0.4 is 16.0 Å². The number of benzene rings is 2. The number of imide groups is 1. The molecule has 2 aromatic rings. The van der Waals surface area contributed by atoms with Crippen molar-refractivity contribution in [2.24, 2.45) is 0 Å². The van der Waals surface area contributed by atoms with Crippen molar-refractivity contribution in [3.8, 4) is 0 Å². The maximum absolute atomic E-state index is 13.1. The number of carbonyl (C=O) groups is 3. The van der Waals surface area contributed by atoms with Gasteiger partial charge in [-0.1, -0.05) is 30.3 Å². The molecular weight excluding hydrogens is 406 g/mol. The summed E-state index contributed by atoms with van der Waals surface area (Å²) in [6.07, 6.45) is 0.882. The van der Waals surface area contributed by atoms with Crippen LogP contribution in [0.1, 0.15) is 35.3 Å². The van der Waals surface area contributed by atoms with Gasteiger partial charge in [0, 0.05) is 21.3 Å². The number of amides is 4. The zero-order chi connectivity index (χ0) is 20.4. The van der Waals surface area contributed by atoms with Crippen molar-refractivity contribution in [1.82, 2.24) is 16.0 Å². The van der Waals surface area contributed by atoms with Crippen LogP contribution >= 0.6 is 23.5 Å². The number of rotatable bonds is 5. The zero-order valence-corrected chi connectivity index (χ0v) is 17.5. The van der Waals surface area contributed by atoms with E-state index in [0.717, 1.165) is 22.6 Å². The van der Waals surface area contributed by atoms with Gasteiger partial charge in [-0.2, -0.15) is 0 Å². The van der Waals surface area contributed by atoms with E-state index in [1.807, 2.05) is 42.1 Å². The van der Waals surface area contributed by atoms with Gasteiger partial charge in [-0.05, 0) is 37.1 Å². The summed E-state index contributed by atoms with van der Waals surface area (Å²) < 4.78 is 0. The van der Waals surface area contributed by atoms with E-state index in [2.05, 4.69) is 28.1 Å². The van der Waals surface area contributed by atoms with Crippen LogP contribution in [-0.2, 0) is 4.79 Å². The molecule has 2 aliphatic heterocycles. The normalized spacial score (nSPS) is 23.1. The molecular formula is C21H21N3O3S2. The molecule has 3 N–H and O–H groups in total. The zero-order valence-electron chi connectivity index (χ0n) is 15.9. The molecule has 2 heterocycles. The third-order valence-corrected chi connectivity index (χ3v) is 7.54. The van der Waals surface area contributed by atoms with Crippen LogP contribution in [0.5, 0.6) is 0 Å². The Labute approximate surface area is 177 Å². The molecule has 0 radical (unpaired) electrons. The first-order chi connectivity index (χ1) is 14.0. The van der Waals surface area contributed by atoms with Crippen LogP contribution in [0.3, 0.4) is 0 Å². The van der Waals surface area contributed by atoms with Crippen LogP contribution in [0.25, 0.3) is 0 Å². The molecule has 1 saturated heterocycles. The van der Waals surface area contributed by atoms with E-state index in [0.29, 0.717) is 11.3 Å². The predicted octanol–water partition coefficient (Wildman–Crippen LogP) is 3.34. The lowest BCUT2D eigenvalue weighted by Gasteiger charge is -2.26. The summed E-state index contributed by atoms with van der Waals surface area (Å²) in [5.41, 5.74) is 0.729. The number of urea groups is 1. The number of hydrogen-bond acceptors (Lipinski definition) is 5. The van der Waals surface area contributed by atoms with E-state index in [-0.39, 0.29) is 17.9 Å². The minimum Gasteiger partial charge on any atom is -0.345 e. The van der Waals surface area contributed by atoms with Crippen molar-refractivity contribution in [2.45, 2.75) is 34.7 Å². The summed E-state index contributed by atoms with van der Waals surface area (Å²) in [5.74, 6) is 0.807. The summed E-state index contributed by atoms with van der Waals surface area (Å²) in [5, 5.41) is 8.08. The van der Waals surface area contributed by atoms with Gasteiger partial charge >= 0.3 is 6.03 Å². The summed E-state index contributed by atoms with van der Waals surface area (Å²) in [6, 6.07) is 15.0. The molecule has 2 atom stereocenters. The molecule has 150 valence electrons. The van der Waals surface area contributed by atoms with Crippen molar-refractivity contribution >= 4 is 41.4 Å². The van der Waals surface area contributed by atoms with E-state index in [9.17, 15) is 14.4 Å². The summed E-state index contributed by atoms with van der Waals surface area (Å²) in [6.45, 7) is 1.68. The van der Waals surface area contributed by atoms with Crippen molar-refractivity contribution in [2.75, 3.05) is 11.5 Å². The van der Waals surface area contributed by atoms with E-state index in [1.54, 1.807) is 13.0 Å². The van der Waals surface area contributed by atoms with Gasteiger partial charge < -0.3 is 10.6 Å². The van der Waals surface area contributed by atoms with Gasteiger partial charge in [0.05, 0.1) is 11.6 Å². The number of carbonyl (C=O) groups excluding carboxylic acids is 3. The molecule has 2 aliphatic rings. The molecule has 0 aromatic heterocycles. The fraction of sp³-hybridized carbons (Fsp3) is 0.286. The monoisotopic (exact) mass is 427 g/mol. The first kappa shape index (κ1) is 19.8. The minimum atomic E-state index is -0.995. The Hall–Kier alpha value is -2.45. The Kier molecular flexibility index (Phi) is 5.56. The number of fused-ring (bicyclic) bond motifs is 1. The smallest absolute Gasteiger partial charge is 0.322 e. The molecule has 2 aromatic carbocycles. The van der Waals surface area contributed by atoms with Crippen molar-refractivity contribution in [3.63, 3.8) is 0 Å². The third kappa shape index (κ3) is 4.13. The van der Waals surface area contributed by atoms with Gasteiger partial charge in [-0.25, -0.2) is 4.79 Å². The Bertz CT molecular complexity index is 981. The van der Waals surface area contributed by atoms with Crippen molar-refractivity contribution in [1.29, 1.82) is 0 Å². The first-order valence-corrected chi connectivity index (χ1v) is 11.3. The number of nitrogens with one attached hydrogen (secondary N) is 3. The standard InChI is InChI=1S/C21H21N3O3S2/c1-21(19(26)23-20(27)24-21)12-29-17-9-5-3-7-14(17)18(25)22-15-10-11-28-16-8-4-2-6-13(15)16/h2-9,15H,10-12H2,1H3,(H,22,25)(H2,23,24,26,27)/t15-,21-/m0/s1. The number of thioether (sulfide) groups is 2. The maximum atomic E-state index is 13.1. The molecule has 8 heteroatoms. The molecule has 0 saturated carbocycles. The molecule has 1 fully saturated rings. The van der Waals surface area contributed by atoms with E-state index >= 15 is 0 Å². The van der Waals surface area contributed by atoms with Crippen molar-refractivity contribution < 1.29 is 14.4 Å². The van der Waals surface area contributed by atoms with Crippen molar-refractivity contribution in [3.05, 3.63) is 59.7 Å². The van der Waals surface area contributed by atoms with Crippen LogP contribution in [0.2, 0.25) is 0 Å². The second-order valence-corrected chi connectivity index (χ2v) is 9.38. The van der Waals surface area contributed by atoms with Crippen LogP contribution in [-0.4, -0.2) is 34.9 Å². The molecule has 29 heavy (non-hydrogen) atoms. The second-order valence-electron chi connectivity index (χ2n) is 7.23. The second kappa shape index (κ2) is 8.12. The minimum absolute atomic E-state index is 0.0181. The van der Waals surface area contributed by atoms with Gasteiger partial charge in [0.25, 0.3) is 11.8 Å². The van der Waals surface area contributed by atoms with Crippen LogP contribution in [0, 0.1) is 0 Å². The highest BCUT2D eigenvalue weighted by molar-refractivity contribution is 7.99. The topological polar surface area (TPSA) is 87.3 Å². The van der Waals surface area contributed by atoms with Gasteiger partial charge in [0.2, 0.25) is 0 Å². The molecule has 4 amide bonds. The summed E-state index contributed by atoms with van der Waals surface area (Å²) in [4.78, 5) is 38.5. The fourth-order valence-corrected chi connectivity index (χ4v) is 5.68. The predicted molar refractivity (Wildman–Crippen MR) is 114 cm³/mol. The van der Waals surface area contributed by atoms with Crippen LogP contribution in [0.15, 0.2) is 58.3 Å². The van der Waals surface area contributed by atoms with E-state index < -0.39 is 11.6 Å². The Balaban J connectivity index is 1.49. The molecule has 0 spiro atoms. The molecule has 6 nitrogen and oxygen atoms in total. The van der Waals surface area contributed by atoms with E-state index in [4.69, 9.17) is 0 Å². The highest BCUT2D eigenvalue weighted by atomic mass is 32.2. The largest absolute Gasteiger partial charge is 0.345 e.